The number of hydrogen-bond acceptors (Lipinski definition) is 5. The molecule has 0 aliphatic heterocycles. The van der Waals surface area contributed by atoms with Gasteiger partial charge in [0.1, 0.15) is 11.5 Å². The van der Waals surface area contributed by atoms with Crippen LogP contribution in [0.5, 0.6) is 0 Å². The third kappa shape index (κ3) is 9.11. The van der Waals surface area contributed by atoms with Gasteiger partial charge in [0, 0.05) is 57.1 Å². The van der Waals surface area contributed by atoms with Crippen molar-refractivity contribution in [1.82, 2.24) is 20.5 Å². The van der Waals surface area contributed by atoms with Crippen LogP contribution in [0.4, 0.5) is 0 Å². The maximum absolute atomic E-state index is 13.4. The summed E-state index contributed by atoms with van der Waals surface area (Å²) in [6.45, 7) is 17.5. The van der Waals surface area contributed by atoms with E-state index >= 15 is 0 Å². The van der Waals surface area contributed by atoms with Crippen LogP contribution in [0.2, 0.25) is 0 Å². The highest BCUT2D eigenvalue weighted by atomic mass is 16.5. The molecule has 0 saturated heterocycles. The molecule has 0 spiro atoms. The second-order valence-corrected chi connectivity index (χ2v) is 8.78. The summed E-state index contributed by atoms with van der Waals surface area (Å²) in [6.07, 6.45) is 6.61. The van der Waals surface area contributed by atoms with Crippen LogP contribution >= 0.6 is 0 Å². The van der Waals surface area contributed by atoms with Gasteiger partial charge < -0.3 is 20.3 Å². The summed E-state index contributed by atoms with van der Waals surface area (Å²) in [7, 11) is 3.28. The number of nitrogens with zero attached hydrogens (tertiary/aromatic N) is 4. The molecule has 0 aliphatic rings. The lowest BCUT2D eigenvalue weighted by molar-refractivity contribution is -0.138. The summed E-state index contributed by atoms with van der Waals surface area (Å²) >= 11 is 0. The molecule has 210 valence electrons. The zero-order valence-electron chi connectivity index (χ0n) is 24.4. The van der Waals surface area contributed by atoms with Gasteiger partial charge in [0.15, 0.2) is 6.10 Å². The Morgan fingerprint density at radius 1 is 1.24 bits per heavy atom. The molecule has 9 nitrogen and oxygen atoms in total. The fraction of sp³-hybridized carbons (Fsp3) is 0.552. The van der Waals surface area contributed by atoms with Gasteiger partial charge >= 0.3 is 0 Å². The second-order valence-electron chi connectivity index (χ2n) is 8.78. The minimum atomic E-state index is -0.704. The summed E-state index contributed by atoms with van der Waals surface area (Å²) < 4.78 is 6.25. The van der Waals surface area contributed by atoms with E-state index in [0.717, 1.165) is 29.8 Å². The minimum absolute atomic E-state index is 0.0867. The van der Waals surface area contributed by atoms with Crippen molar-refractivity contribution in [3.05, 3.63) is 47.8 Å². The molecule has 0 radical (unpaired) electrons. The number of guanidine groups is 1. The summed E-state index contributed by atoms with van der Waals surface area (Å²) in [5.74, 6) is 0.889. The summed E-state index contributed by atoms with van der Waals surface area (Å²) in [5, 5.41) is 5.77. The summed E-state index contributed by atoms with van der Waals surface area (Å²) in [5.41, 5.74) is 2.76. The Balaban J connectivity index is 3.07. The number of amides is 2. The Labute approximate surface area is 228 Å². The molecule has 0 fully saturated rings. The van der Waals surface area contributed by atoms with Crippen LogP contribution < -0.4 is 10.6 Å². The van der Waals surface area contributed by atoms with E-state index in [1.807, 2.05) is 39.8 Å². The molecule has 1 rings (SSSR count). The fourth-order valence-corrected chi connectivity index (χ4v) is 4.03. The topological polar surface area (TPSA) is 108 Å². The van der Waals surface area contributed by atoms with Gasteiger partial charge in [0.25, 0.3) is 11.8 Å². The van der Waals surface area contributed by atoms with Gasteiger partial charge in [-0.25, -0.2) is 4.99 Å². The summed E-state index contributed by atoms with van der Waals surface area (Å²) in [4.78, 5) is 40.6. The van der Waals surface area contributed by atoms with E-state index in [-0.39, 0.29) is 17.7 Å². The smallest absolute Gasteiger partial charge is 0.269 e. The van der Waals surface area contributed by atoms with Crippen LogP contribution in [0.1, 0.15) is 76.0 Å². The van der Waals surface area contributed by atoms with Crippen molar-refractivity contribution in [2.45, 2.75) is 66.9 Å². The van der Waals surface area contributed by atoms with Crippen molar-refractivity contribution in [3.63, 3.8) is 0 Å². The molecule has 38 heavy (non-hydrogen) atoms. The van der Waals surface area contributed by atoms with Crippen molar-refractivity contribution < 1.29 is 14.3 Å². The van der Waals surface area contributed by atoms with E-state index in [1.54, 1.807) is 38.2 Å². The Kier molecular flexibility index (Phi) is 14.6. The van der Waals surface area contributed by atoms with Gasteiger partial charge in [-0.2, -0.15) is 0 Å². The van der Waals surface area contributed by atoms with Gasteiger partial charge in [0.05, 0.1) is 0 Å². The Bertz CT molecular complexity index is 1030. The van der Waals surface area contributed by atoms with Crippen LogP contribution in [0.15, 0.2) is 41.0 Å². The molecule has 1 aromatic heterocycles. The van der Waals surface area contributed by atoms with Crippen LogP contribution in [-0.4, -0.2) is 73.2 Å². The van der Waals surface area contributed by atoms with E-state index in [4.69, 9.17) is 4.74 Å². The molecule has 2 unspecified atom stereocenters. The average Bonchev–Trinajstić information content (AvgIpc) is 2.93. The first-order valence-corrected chi connectivity index (χ1v) is 13.5. The molecule has 2 atom stereocenters. The Hall–Kier alpha value is -3.49. The molecular weight excluding hydrogens is 480 g/mol. The minimum Gasteiger partial charge on any atom is -0.481 e. The van der Waals surface area contributed by atoms with E-state index in [2.05, 4.69) is 39.1 Å². The molecule has 2 N–H and O–H groups in total. The number of ether oxygens (including phenoxy) is 1. The predicted octanol–water partition coefficient (Wildman–Crippen LogP) is 4.26. The van der Waals surface area contributed by atoms with Gasteiger partial charge in [-0.1, -0.05) is 27.4 Å². The van der Waals surface area contributed by atoms with Gasteiger partial charge in [-0.05, 0) is 63.8 Å². The number of rotatable bonds is 14. The highest BCUT2D eigenvalue weighted by Gasteiger charge is 2.25. The highest BCUT2D eigenvalue weighted by Crippen LogP contribution is 2.25. The van der Waals surface area contributed by atoms with Crippen LogP contribution in [0.25, 0.3) is 5.76 Å². The maximum Gasteiger partial charge on any atom is 0.269 e. The first-order chi connectivity index (χ1) is 18.2. The van der Waals surface area contributed by atoms with Crippen molar-refractivity contribution in [3.8, 4) is 0 Å². The number of allylic oxidation sites excluding steroid dienone is 2. The number of aliphatic imine (C=N–C) groups is 2. The van der Waals surface area contributed by atoms with Crippen LogP contribution in [-0.2, 0) is 16.0 Å². The SMILES string of the molecule is C=C/C(=N\C(=NC)NCC)C(C)CCN(CC)C(=O)C(C)O/C(=C/CC)c1ccnc(C(=O)NC)c1CC. The first-order valence-electron chi connectivity index (χ1n) is 13.5. The van der Waals surface area contributed by atoms with Crippen LogP contribution in [0.3, 0.4) is 0 Å². The lowest BCUT2D eigenvalue weighted by atomic mass is 10.0. The fourth-order valence-electron chi connectivity index (χ4n) is 4.03. The van der Waals surface area contributed by atoms with Crippen molar-refractivity contribution in [2.75, 3.05) is 33.7 Å². The number of likely N-dealkylation sites (N-methyl/N-ethyl adjacent to an activating group) is 1. The number of carbonyl (C=O) groups is 2. The standard InChI is InChI=1S/C29H46N6O3/c1-10-15-25(23-16-18-33-26(22(23)11-2)27(36)30-8)38-21(7)28(37)35(14-5)19-17-20(6)24(12-3)34-29(31-9)32-13-4/h12,15-16,18,20-21H,3,10-11,13-14,17,19H2,1-2,4-9H3,(H,30,36)(H,31,32)/b25-15+,34-24+. The molecule has 0 bridgehead atoms. The van der Waals surface area contributed by atoms with Gasteiger partial charge in [0.2, 0.25) is 5.96 Å². The van der Waals surface area contributed by atoms with Crippen molar-refractivity contribution in [2.24, 2.45) is 15.9 Å². The van der Waals surface area contributed by atoms with Gasteiger partial charge in [-0.3, -0.25) is 19.6 Å². The number of hydrogen-bond donors (Lipinski definition) is 2. The lowest BCUT2D eigenvalue weighted by Crippen LogP contribution is -2.40. The van der Waals surface area contributed by atoms with E-state index in [1.165, 1.54) is 0 Å². The molecule has 1 aromatic rings. The quantitative estimate of drug-likeness (QED) is 0.214. The van der Waals surface area contributed by atoms with Gasteiger partial charge in [-0.15, -0.1) is 0 Å². The van der Waals surface area contributed by atoms with Crippen molar-refractivity contribution in [1.29, 1.82) is 0 Å². The van der Waals surface area contributed by atoms with E-state index in [9.17, 15) is 9.59 Å². The first kappa shape index (κ1) is 32.5. The molecule has 1 heterocycles. The number of aromatic nitrogens is 1. The Morgan fingerprint density at radius 2 is 1.95 bits per heavy atom. The molecule has 0 saturated carbocycles. The molecular formula is C29H46N6O3. The van der Waals surface area contributed by atoms with Crippen molar-refractivity contribution >= 4 is 29.2 Å². The summed E-state index contributed by atoms with van der Waals surface area (Å²) in [6, 6.07) is 1.83. The lowest BCUT2D eigenvalue weighted by Gasteiger charge is -2.27. The van der Waals surface area contributed by atoms with E-state index < -0.39 is 6.10 Å². The largest absolute Gasteiger partial charge is 0.481 e. The maximum atomic E-state index is 13.4. The number of carbonyl (C=O) groups excluding carboxylic acids is 2. The Morgan fingerprint density at radius 3 is 2.47 bits per heavy atom. The zero-order chi connectivity index (χ0) is 28.7. The third-order valence-corrected chi connectivity index (χ3v) is 6.18. The predicted molar refractivity (Wildman–Crippen MR) is 157 cm³/mol. The van der Waals surface area contributed by atoms with E-state index in [0.29, 0.717) is 43.3 Å². The highest BCUT2D eigenvalue weighted by molar-refractivity contribution is 6.04. The molecule has 9 heteroatoms. The zero-order valence-corrected chi connectivity index (χ0v) is 24.4. The molecule has 2 amide bonds. The number of pyridine rings is 1. The second kappa shape index (κ2) is 17.1. The monoisotopic (exact) mass is 526 g/mol. The van der Waals surface area contributed by atoms with Crippen LogP contribution in [0, 0.1) is 5.92 Å². The normalized spacial score (nSPS) is 13.9. The molecule has 0 aromatic carbocycles. The number of nitrogens with one attached hydrogen (secondary N) is 2. The average molecular weight is 527 g/mol. The molecule has 0 aliphatic carbocycles. The third-order valence-electron chi connectivity index (χ3n) is 6.18.